The normalized spacial score (nSPS) is 17.6. The number of nitrogens with zero attached hydrogens (tertiary/aromatic N) is 2. The van der Waals surface area contributed by atoms with Crippen molar-refractivity contribution in [3.05, 3.63) is 35.8 Å². The largest absolute Gasteiger partial charge is 0.426 e. The molecule has 2 aromatic rings. The molecule has 3 heterocycles. The van der Waals surface area contributed by atoms with Gasteiger partial charge in [-0.3, -0.25) is 9.69 Å². The van der Waals surface area contributed by atoms with E-state index >= 15 is 0 Å². The number of rotatable bonds is 2. The Morgan fingerprint density at radius 2 is 2.30 bits per heavy atom. The van der Waals surface area contributed by atoms with Crippen molar-refractivity contribution >= 4 is 40.4 Å². The zero-order valence-electron chi connectivity index (χ0n) is 11.1. The van der Waals surface area contributed by atoms with Crippen LogP contribution in [-0.2, 0) is 9.53 Å². The van der Waals surface area contributed by atoms with Crippen LogP contribution in [0.1, 0.15) is 19.4 Å². The summed E-state index contributed by atoms with van der Waals surface area (Å²) in [5, 5.41) is 1.14. The van der Waals surface area contributed by atoms with Crippen LogP contribution in [-0.4, -0.2) is 32.0 Å². The summed E-state index contributed by atoms with van der Waals surface area (Å²) < 4.78 is 5.40. The number of fused-ring (bicyclic) bond motifs is 1. The molecule has 0 spiro atoms. The number of aromatic nitrogens is 2. The van der Waals surface area contributed by atoms with Gasteiger partial charge in [0.05, 0.1) is 0 Å². The van der Waals surface area contributed by atoms with Crippen LogP contribution < -0.4 is 0 Å². The Kier molecular flexibility index (Phi) is 3.02. The number of H-pyrrole nitrogens is 1. The molecule has 1 amide bonds. The van der Waals surface area contributed by atoms with Gasteiger partial charge in [-0.2, -0.15) is 0 Å². The van der Waals surface area contributed by atoms with E-state index in [1.54, 1.807) is 18.5 Å². The third-order valence-electron chi connectivity index (χ3n) is 3.11. The monoisotopic (exact) mass is 287 g/mol. The fourth-order valence-corrected chi connectivity index (χ4v) is 2.55. The van der Waals surface area contributed by atoms with Crippen molar-refractivity contribution in [3.8, 4) is 0 Å². The number of carbonyl (C=O) groups is 1. The number of carbonyl (C=O) groups excluding carboxylic acids is 1. The highest BCUT2D eigenvalue weighted by Gasteiger charge is 2.35. The van der Waals surface area contributed by atoms with Gasteiger partial charge < -0.3 is 9.72 Å². The maximum absolute atomic E-state index is 12.2. The minimum absolute atomic E-state index is 0.0227. The first-order valence-electron chi connectivity index (χ1n) is 6.27. The Balaban J connectivity index is 2.01. The molecule has 0 aromatic carbocycles. The number of thiocarbonyl (C=S) groups is 1. The summed E-state index contributed by atoms with van der Waals surface area (Å²) in [4.78, 5) is 21.0. The summed E-state index contributed by atoms with van der Waals surface area (Å²) in [5.74, 6) is 0.0386. The van der Waals surface area contributed by atoms with Crippen LogP contribution in [0.4, 0.5) is 0 Å². The maximum atomic E-state index is 12.2. The van der Waals surface area contributed by atoms with Gasteiger partial charge in [0.2, 0.25) is 0 Å². The summed E-state index contributed by atoms with van der Waals surface area (Å²) in [6, 6.07) is 3.76. The second kappa shape index (κ2) is 4.72. The van der Waals surface area contributed by atoms with Gasteiger partial charge in [-0.25, -0.2) is 4.98 Å². The molecule has 20 heavy (non-hydrogen) atoms. The van der Waals surface area contributed by atoms with E-state index in [1.807, 2.05) is 26.0 Å². The summed E-state index contributed by atoms with van der Waals surface area (Å²) in [5.41, 5.74) is 1.62. The highest BCUT2D eigenvalue weighted by Crippen LogP contribution is 2.24. The van der Waals surface area contributed by atoms with E-state index in [4.69, 9.17) is 17.0 Å². The number of ether oxygens (including phenoxy) is 1. The van der Waals surface area contributed by atoms with Gasteiger partial charge >= 0.3 is 0 Å². The fourth-order valence-electron chi connectivity index (χ4n) is 2.16. The molecular weight excluding hydrogens is 274 g/mol. The van der Waals surface area contributed by atoms with Crippen molar-refractivity contribution < 1.29 is 9.53 Å². The first-order chi connectivity index (χ1) is 9.58. The van der Waals surface area contributed by atoms with Gasteiger partial charge in [-0.15, -0.1) is 0 Å². The van der Waals surface area contributed by atoms with E-state index in [1.165, 1.54) is 4.90 Å². The molecule has 1 N–H and O–H groups in total. The van der Waals surface area contributed by atoms with E-state index < -0.39 is 0 Å². The molecule has 1 aliphatic heterocycles. The van der Waals surface area contributed by atoms with Crippen molar-refractivity contribution in [3.63, 3.8) is 0 Å². The Morgan fingerprint density at radius 1 is 1.50 bits per heavy atom. The van der Waals surface area contributed by atoms with Gasteiger partial charge in [0.1, 0.15) is 5.65 Å². The molecule has 5 nitrogen and oxygen atoms in total. The molecule has 102 valence electrons. The lowest BCUT2D eigenvalue weighted by Gasteiger charge is -2.15. The zero-order valence-corrected chi connectivity index (χ0v) is 11.9. The molecule has 0 radical (unpaired) electrons. The molecule has 0 saturated carbocycles. The first-order valence-corrected chi connectivity index (χ1v) is 6.68. The average molecular weight is 287 g/mol. The molecule has 0 unspecified atom stereocenters. The number of hydrogen-bond acceptors (Lipinski definition) is 4. The molecule has 6 heteroatoms. The fraction of sp³-hybridized carbons (Fsp3) is 0.214. The predicted molar refractivity (Wildman–Crippen MR) is 79.7 cm³/mol. The molecular formula is C14H13N3O2S. The van der Waals surface area contributed by atoms with Crippen LogP contribution in [0.25, 0.3) is 17.1 Å². The lowest BCUT2D eigenvalue weighted by molar-refractivity contribution is -0.123. The van der Waals surface area contributed by atoms with Crippen molar-refractivity contribution in [1.29, 1.82) is 0 Å². The first kappa shape index (κ1) is 12.8. The number of hydrogen-bond donors (Lipinski definition) is 1. The lowest BCUT2D eigenvalue weighted by atomic mass is 10.2. The lowest BCUT2D eigenvalue weighted by Crippen LogP contribution is -2.34. The molecule has 1 aliphatic rings. The van der Waals surface area contributed by atoms with Crippen LogP contribution in [0.2, 0.25) is 0 Å². The van der Waals surface area contributed by atoms with E-state index in [-0.39, 0.29) is 22.9 Å². The Bertz CT molecular complexity index is 733. The van der Waals surface area contributed by atoms with Crippen molar-refractivity contribution in [2.45, 2.75) is 19.9 Å². The average Bonchev–Trinajstić information content (AvgIpc) is 2.93. The molecule has 3 rings (SSSR count). The zero-order chi connectivity index (χ0) is 14.3. The van der Waals surface area contributed by atoms with E-state index in [2.05, 4.69) is 9.97 Å². The molecule has 1 saturated heterocycles. The quantitative estimate of drug-likeness (QED) is 0.681. The van der Waals surface area contributed by atoms with Gasteiger partial charge in [0.25, 0.3) is 11.1 Å². The van der Waals surface area contributed by atoms with Crippen LogP contribution in [0.5, 0.6) is 0 Å². The third-order valence-corrected chi connectivity index (χ3v) is 3.39. The second-order valence-corrected chi connectivity index (χ2v) is 5.14. The SMILES string of the molecule is CC(C)N1C(=O)/C(=C/c2c[nH]c3ncccc23)OC1=S. The van der Waals surface area contributed by atoms with Crippen molar-refractivity contribution in [2.75, 3.05) is 0 Å². The molecule has 0 aliphatic carbocycles. The van der Waals surface area contributed by atoms with Crippen LogP contribution in [0.15, 0.2) is 30.3 Å². The maximum Gasteiger partial charge on any atom is 0.297 e. The molecule has 0 bridgehead atoms. The number of aromatic amines is 1. The van der Waals surface area contributed by atoms with Crippen molar-refractivity contribution in [1.82, 2.24) is 14.9 Å². The van der Waals surface area contributed by atoms with Gasteiger partial charge in [0.15, 0.2) is 5.76 Å². The van der Waals surface area contributed by atoms with Gasteiger partial charge in [-0.05, 0) is 44.3 Å². The van der Waals surface area contributed by atoms with Gasteiger partial charge in [-0.1, -0.05) is 0 Å². The minimum atomic E-state index is -0.205. The van der Waals surface area contributed by atoms with E-state index in [0.717, 1.165) is 16.6 Å². The Labute approximate surface area is 121 Å². The van der Waals surface area contributed by atoms with Gasteiger partial charge in [0, 0.05) is 29.4 Å². The molecule has 1 fully saturated rings. The summed E-state index contributed by atoms with van der Waals surface area (Å²) in [7, 11) is 0. The highest BCUT2D eigenvalue weighted by molar-refractivity contribution is 7.80. The number of amides is 1. The van der Waals surface area contributed by atoms with Crippen LogP contribution >= 0.6 is 12.2 Å². The van der Waals surface area contributed by atoms with Crippen LogP contribution in [0.3, 0.4) is 0 Å². The highest BCUT2D eigenvalue weighted by atomic mass is 32.1. The van der Waals surface area contributed by atoms with Crippen LogP contribution in [0, 0.1) is 0 Å². The second-order valence-electron chi connectivity index (χ2n) is 4.79. The minimum Gasteiger partial charge on any atom is -0.426 e. The van der Waals surface area contributed by atoms with E-state index in [9.17, 15) is 4.79 Å². The molecule has 2 aromatic heterocycles. The third kappa shape index (κ3) is 1.98. The smallest absolute Gasteiger partial charge is 0.297 e. The Morgan fingerprint density at radius 3 is 3.00 bits per heavy atom. The Hall–Kier alpha value is -2.21. The number of nitrogens with one attached hydrogen (secondary N) is 1. The topological polar surface area (TPSA) is 58.2 Å². The van der Waals surface area contributed by atoms with E-state index in [0.29, 0.717) is 0 Å². The van der Waals surface area contributed by atoms with Crippen molar-refractivity contribution in [2.24, 2.45) is 0 Å². The summed E-state index contributed by atoms with van der Waals surface area (Å²) in [6.07, 6.45) is 5.20. The summed E-state index contributed by atoms with van der Waals surface area (Å²) >= 11 is 5.08. The standard InChI is InChI=1S/C14H13N3O2S/c1-8(2)17-13(18)11(19-14(17)20)6-9-7-16-12-10(9)4-3-5-15-12/h3-8H,1-2H3,(H,15,16)/b11-6-. The predicted octanol–water partition coefficient (Wildman–Crippen LogP) is 2.46. The number of pyridine rings is 1. The molecule has 0 atom stereocenters. The summed E-state index contributed by atoms with van der Waals surface area (Å²) in [6.45, 7) is 3.79.